The molecule has 164 valence electrons. The minimum atomic E-state index is -0.707. The molecule has 6 nitrogen and oxygen atoms in total. The van der Waals surface area contributed by atoms with Gasteiger partial charge in [-0.15, -0.1) is 0 Å². The van der Waals surface area contributed by atoms with Crippen molar-refractivity contribution in [3.05, 3.63) is 59.9 Å². The average molecular weight is 444 g/mol. The number of hydrogen-bond acceptors (Lipinski definition) is 4. The molecule has 2 aromatic carbocycles. The van der Waals surface area contributed by atoms with E-state index in [2.05, 4.69) is 5.32 Å². The zero-order valence-corrected chi connectivity index (χ0v) is 18.5. The second kappa shape index (κ2) is 10.3. The van der Waals surface area contributed by atoms with Gasteiger partial charge in [0.25, 0.3) is 5.91 Å². The number of carbonyl (C=O) groups excluding carboxylic acids is 2. The Labute approximate surface area is 187 Å². The van der Waals surface area contributed by atoms with Crippen molar-refractivity contribution in [1.29, 1.82) is 0 Å². The summed E-state index contributed by atoms with van der Waals surface area (Å²) in [5.74, 6) is -0.0761. The zero-order valence-electron chi connectivity index (χ0n) is 17.6. The van der Waals surface area contributed by atoms with Crippen LogP contribution in [0.5, 0.6) is 5.75 Å². The van der Waals surface area contributed by atoms with E-state index in [0.29, 0.717) is 42.5 Å². The van der Waals surface area contributed by atoms with Crippen molar-refractivity contribution in [3.8, 4) is 5.75 Å². The summed E-state index contributed by atoms with van der Waals surface area (Å²) < 4.78 is 19.4. The molecule has 8 heteroatoms. The van der Waals surface area contributed by atoms with Gasteiger partial charge in [-0.1, -0.05) is 18.2 Å². The number of nitrogens with zero attached hydrogens (tertiary/aromatic N) is 2. The van der Waals surface area contributed by atoms with Gasteiger partial charge in [-0.25, -0.2) is 4.39 Å². The molecule has 0 aromatic heterocycles. The van der Waals surface area contributed by atoms with E-state index in [9.17, 15) is 14.0 Å². The van der Waals surface area contributed by atoms with Crippen molar-refractivity contribution >= 4 is 34.8 Å². The smallest absolute Gasteiger partial charge is 0.252 e. The third kappa shape index (κ3) is 5.38. The van der Waals surface area contributed by atoms with Crippen LogP contribution in [0.2, 0.25) is 0 Å². The summed E-state index contributed by atoms with van der Waals surface area (Å²) in [7, 11) is 0. The third-order valence-corrected chi connectivity index (χ3v) is 5.58. The van der Waals surface area contributed by atoms with Crippen molar-refractivity contribution in [1.82, 2.24) is 9.80 Å². The summed E-state index contributed by atoms with van der Waals surface area (Å²) in [5, 5.41) is 3.19. The number of rotatable bonds is 9. The first-order valence-corrected chi connectivity index (χ1v) is 10.7. The van der Waals surface area contributed by atoms with Crippen molar-refractivity contribution < 1.29 is 18.7 Å². The van der Waals surface area contributed by atoms with Gasteiger partial charge in [-0.05, 0) is 68.4 Å². The molecule has 0 saturated carbocycles. The molecule has 1 atom stereocenters. The minimum absolute atomic E-state index is 0.0417. The van der Waals surface area contributed by atoms with Gasteiger partial charge in [-0.2, -0.15) is 0 Å². The molecule has 1 unspecified atom stereocenters. The molecular weight excluding hydrogens is 417 g/mol. The fourth-order valence-corrected chi connectivity index (χ4v) is 4.00. The Hall–Kier alpha value is -3.00. The van der Waals surface area contributed by atoms with Crippen LogP contribution in [-0.2, 0) is 16.0 Å². The number of thiocarbonyl (C=S) groups is 1. The van der Waals surface area contributed by atoms with Crippen molar-refractivity contribution in [2.24, 2.45) is 0 Å². The fraction of sp³-hybridized carbons (Fsp3) is 0.348. The highest BCUT2D eigenvalue weighted by molar-refractivity contribution is 7.80. The van der Waals surface area contributed by atoms with E-state index in [1.807, 2.05) is 13.8 Å². The number of ether oxygens (including phenoxy) is 1. The van der Waals surface area contributed by atoms with Crippen LogP contribution in [0, 0.1) is 5.82 Å². The van der Waals surface area contributed by atoms with Crippen LogP contribution in [0.3, 0.4) is 0 Å². The lowest BCUT2D eigenvalue weighted by Crippen LogP contribution is -2.39. The predicted molar refractivity (Wildman–Crippen MR) is 121 cm³/mol. The van der Waals surface area contributed by atoms with Crippen LogP contribution < -0.4 is 10.1 Å². The number of anilines is 1. The van der Waals surface area contributed by atoms with Gasteiger partial charge in [0.05, 0.1) is 13.0 Å². The molecule has 2 aromatic rings. The van der Waals surface area contributed by atoms with Crippen molar-refractivity contribution in [3.63, 3.8) is 0 Å². The predicted octanol–water partition coefficient (Wildman–Crippen LogP) is 3.61. The molecule has 1 N–H and O–H groups in total. The molecule has 0 bridgehead atoms. The maximum Gasteiger partial charge on any atom is 0.252 e. The Morgan fingerprint density at radius 1 is 1.16 bits per heavy atom. The quantitative estimate of drug-likeness (QED) is 0.600. The van der Waals surface area contributed by atoms with Crippen LogP contribution in [0.25, 0.3) is 0 Å². The van der Waals surface area contributed by atoms with E-state index in [1.165, 1.54) is 11.0 Å². The summed E-state index contributed by atoms with van der Waals surface area (Å²) >= 11 is 5.48. The molecule has 0 radical (unpaired) electrons. The molecular formula is C23H26FN3O3S. The van der Waals surface area contributed by atoms with Gasteiger partial charge in [0.15, 0.2) is 5.11 Å². The molecule has 1 heterocycles. The highest BCUT2D eigenvalue weighted by atomic mass is 32.1. The van der Waals surface area contributed by atoms with E-state index >= 15 is 0 Å². The summed E-state index contributed by atoms with van der Waals surface area (Å²) in [6.07, 6.45) is 0.342. The number of nitrogens with one attached hydrogen (secondary N) is 1. The van der Waals surface area contributed by atoms with Gasteiger partial charge in [0.1, 0.15) is 17.6 Å². The highest BCUT2D eigenvalue weighted by Gasteiger charge is 2.42. The molecule has 31 heavy (non-hydrogen) atoms. The number of benzene rings is 2. The van der Waals surface area contributed by atoms with Gasteiger partial charge < -0.3 is 15.0 Å². The molecule has 0 aliphatic carbocycles. The number of halogens is 1. The maximum atomic E-state index is 14.0. The highest BCUT2D eigenvalue weighted by Crippen LogP contribution is 2.23. The molecule has 0 spiro atoms. The van der Waals surface area contributed by atoms with Crippen LogP contribution in [-0.4, -0.2) is 52.5 Å². The molecule has 1 aliphatic heterocycles. The Morgan fingerprint density at radius 2 is 1.87 bits per heavy atom. The van der Waals surface area contributed by atoms with E-state index in [4.69, 9.17) is 17.0 Å². The third-order valence-electron chi connectivity index (χ3n) is 5.13. The monoisotopic (exact) mass is 443 g/mol. The van der Waals surface area contributed by atoms with Crippen LogP contribution in [0.15, 0.2) is 48.5 Å². The summed E-state index contributed by atoms with van der Waals surface area (Å²) in [6.45, 7) is 5.07. The van der Waals surface area contributed by atoms with E-state index < -0.39 is 6.04 Å². The Morgan fingerprint density at radius 3 is 2.52 bits per heavy atom. The van der Waals surface area contributed by atoms with Crippen LogP contribution in [0.4, 0.5) is 10.1 Å². The summed E-state index contributed by atoms with van der Waals surface area (Å²) in [6, 6.07) is 12.9. The van der Waals surface area contributed by atoms with Gasteiger partial charge in [-0.3, -0.25) is 14.5 Å². The summed E-state index contributed by atoms with van der Waals surface area (Å²) in [4.78, 5) is 28.7. The number of carbonyl (C=O) groups is 2. The van der Waals surface area contributed by atoms with E-state index in [0.717, 1.165) is 5.75 Å². The standard InChI is InChI=1S/C23H26FN3O3S/c1-3-26-22(29)20(15-21(28)25-17-9-11-18(12-10-17)30-4-2)27(23(26)31)14-13-16-7-5-6-8-19(16)24/h5-12,20H,3-4,13-15H2,1-2H3,(H,25,28). The number of likely N-dealkylation sites (N-methyl/N-ethyl adjacent to an activating group) is 1. The first-order chi connectivity index (χ1) is 14.9. The molecule has 1 saturated heterocycles. The topological polar surface area (TPSA) is 61.9 Å². The average Bonchev–Trinajstić information content (AvgIpc) is 2.97. The largest absolute Gasteiger partial charge is 0.494 e. The Kier molecular flexibility index (Phi) is 7.57. The molecule has 2 amide bonds. The van der Waals surface area contributed by atoms with Gasteiger partial charge >= 0.3 is 0 Å². The van der Waals surface area contributed by atoms with Gasteiger partial charge in [0, 0.05) is 18.8 Å². The Balaban J connectivity index is 1.68. The van der Waals surface area contributed by atoms with Crippen molar-refractivity contribution in [2.75, 3.05) is 25.0 Å². The Bertz CT molecular complexity index is 951. The summed E-state index contributed by atoms with van der Waals surface area (Å²) in [5.41, 5.74) is 1.16. The normalized spacial score (nSPS) is 16.0. The number of hydrogen-bond donors (Lipinski definition) is 1. The van der Waals surface area contributed by atoms with Gasteiger partial charge in [0.2, 0.25) is 5.91 Å². The SMILES string of the molecule is CCOc1ccc(NC(=O)CC2C(=O)N(CC)C(=S)N2CCc2ccccc2F)cc1. The lowest BCUT2D eigenvalue weighted by molar-refractivity contribution is -0.130. The molecule has 3 rings (SSSR count). The van der Waals surface area contributed by atoms with Crippen LogP contribution >= 0.6 is 12.2 Å². The second-order valence-corrected chi connectivity index (χ2v) is 7.49. The molecule has 1 aliphatic rings. The van der Waals surface area contributed by atoms with Crippen molar-refractivity contribution in [2.45, 2.75) is 32.7 Å². The second-order valence-electron chi connectivity index (χ2n) is 7.13. The number of amides is 2. The van der Waals surface area contributed by atoms with E-state index in [-0.39, 0.29) is 24.1 Å². The lowest BCUT2D eigenvalue weighted by Gasteiger charge is -2.24. The minimum Gasteiger partial charge on any atom is -0.494 e. The van der Waals surface area contributed by atoms with Crippen LogP contribution in [0.1, 0.15) is 25.8 Å². The fourth-order valence-electron chi connectivity index (χ4n) is 3.57. The molecule has 1 fully saturated rings. The lowest BCUT2D eigenvalue weighted by atomic mass is 10.1. The first-order valence-electron chi connectivity index (χ1n) is 10.3. The first kappa shape index (κ1) is 22.7. The zero-order chi connectivity index (χ0) is 22.4. The maximum absolute atomic E-state index is 14.0. The van der Waals surface area contributed by atoms with E-state index in [1.54, 1.807) is 47.4 Å².